The van der Waals surface area contributed by atoms with E-state index in [1.165, 1.54) is 4.88 Å². The van der Waals surface area contributed by atoms with E-state index < -0.39 is 0 Å². The van der Waals surface area contributed by atoms with E-state index >= 15 is 0 Å². The number of rotatable bonds is 5. The summed E-state index contributed by atoms with van der Waals surface area (Å²) < 4.78 is 4.13. The lowest BCUT2D eigenvalue weighted by molar-refractivity contribution is -0.117. The molecule has 0 radical (unpaired) electrons. The van der Waals surface area contributed by atoms with Gasteiger partial charge in [0.1, 0.15) is 0 Å². The summed E-state index contributed by atoms with van der Waals surface area (Å²) in [6.07, 6.45) is 1.84. The normalized spacial score (nSPS) is 16.4. The van der Waals surface area contributed by atoms with Gasteiger partial charge in [0.15, 0.2) is 0 Å². The van der Waals surface area contributed by atoms with Crippen LogP contribution in [-0.2, 0) is 11.3 Å². The summed E-state index contributed by atoms with van der Waals surface area (Å²) in [4.78, 5) is 18.0. The van der Waals surface area contributed by atoms with Gasteiger partial charge in [0.2, 0.25) is 5.91 Å². The van der Waals surface area contributed by atoms with E-state index in [4.69, 9.17) is 11.6 Å². The summed E-state index contributed by atoms with van der Waals surface area (Å²) in [5, 5.41) is 3.44. The van der Waals surface area contributed by atoms with Crippen LogP contribution in [0.25, 0.3) is 0 Å². The minimum atomic E-state index is -0.0194. The van der Waals surface area contributed by atoms with Gasteiger partial charge in [-0.05, 0) is 29.7 Å². The van der Waals surface area contributed by atoms with E-state index in [1.807, 2.05) is 24.4 Å². The molecule has 1 aliphatic heterocycles. The van der Waals surface area contributed by atoms with E-state index in [9.17, 15) is 4.79 Å². The first kappa shape index (κ1) is 16.4. The molecule has 7 heteroatoms. The van der Waals surface area contributed by atoms with Gasteiger partial charge in [-0.1, -0.05) is 23.7 Å². The Kier molecular flexibility index (Phi) is 5.61. The van der Waals surface area contributed by atoms with E-state index in [1.54, 1.807) is 17.6 Å². The fourth-order valence-corrected chi connectivity index (χ4v) is 3.41. The Morgan fingerprint density at radius 1 is 1.17 bits per heavy atom. The number of para-hydroxylation sites is 1. The topological polar surface area (TPSA) is 48.5 Å². The molecule has 1 saturated heterocycles. The highest BCUT2D eigenvalue weighted by molar-refractivity contribution is 7.05. The minimum absolute atomic E-state index is 0.0194. The third-order valence-corrected chi connectivity index (χ3v) is 4.91. The summed E-state index contributed by atoms with van der Waals surface area (Å²) in [5.74, 6) is -0.0194. The Balaban J connectivity index is 1.43. The van der Waals surface area contributed by atoms with Crippen molar-refractivity contribution in [3.05, 3.63) is 46.4 Å². The SMILES string of the molecule is O=C(CN1CCN(Cc2ccns2)CC1)Nc1ccccc1Cl. The number of anilines is 1. The predicted octanol–water partition coefficient (Wildman–Crippen LogP) is 2.55. The smallest absolute Gasteiger partial charge is 0.238 e. The summed E-state index contributed by atoms with van der Waals surface area (Å²) in [6, 6.07) is 9.36. The number of carbonyl (C=O) groups is 1. The molecule has 0 bridgehead atoms. The number of amides is 1. The van der Waals surface area contributed by atoms with Crippen molar-refractivity contribution in [1.29, 1.82) is 0 Å². The first-order chi connectivity index (χ1) is 11.2. The van der Waals surface area contributed by atoms with Gasteiger partial charge in [-0.3, -0.25) is 14.6 Å². The molecule has 0 unspecified atom stereocenters. The maximum absolute atomic E-state index is 12.1. The van der Waals surface area contributed by atoms with Gasteiger partial charge in [0.25, 0.3) is 0 Å². The lowest BCUT2D eigenvalue weighted by Gasteiger charge is -2.33. The molecule has 0 atom stereocenters. The zero-order valence-corrected chi connectivity index (χ0v) is 14.3. The van der Waals surface area contributed by atoms with Gasteiger partial charge in [-0.2, -0.15) is 0 Å². The van der Waals surface area contributed by atoms with Gasteiger partial charge in [-0.25, -0.2) is 4.37 Å². The van der Waals surface area contributed by atoms with Crippen molar-refractivity contribution in [2.75, 3.05) is 38.0 Å². The average Bonchev–Trinajstić information content (AvgIpc) is 3.04. The van der Waals surface area contributed by atoms with E-state index in [2.05, 4.69) is 25.6 Å². The zero-order chi connectivity index (χ0) is 16.1. The number of halogens is 1. The van der Waals surface area contributed by atoms with Crippen LogP contribution in [0.3, 0.4) is 0 Å². The zero-order valence-electron chi connectivity index (χ0n) is 12.7. The second-order valence-electron chi connectivity index (χ2n) is 5.56. The molecular weight excluding hydrogens is 332 g/mol. The van der Waals surface area contributed by atoms with Crippen LogP contribution in [0.2, 0.25) is 5.02 Å². The minimum Gasteiger partial charge on any atom is -0.324 e. The molecular formula is C16H19ClN4OS. The molecule has 23 heavy (non-hydrogen) atoms. The summed E-state index contributed by atoms with van der Waals surface area (Å²) in [6.45, 7) is 5.09. The molecule has 1 fully saturated rings. The fraction of sp³-hybridized carbons (Fsp3) is 0.375. The highest BCUT2D eigenvalue weighted by Crippen LogP contribution is 2.20. The Morgan fingerprint density at radius 2 is 1.91 bits per heavy atom. The molecule has 122 valence electrons. The first-order valence-corrected chi connectivity index (χ1v) is 8.74. The molecule has 1 amide bonds. The van der Waals surface area contributed by atoms with Crippen molar-refractivity contribution in [2.24, 2.45) is 0 Å². The lowest BCUT2D eigenvalue weighted by atomic mass is 10.3. The first-order valence-electron chi connectivity index (χ1n) is 7.59. The van der Waals surface area contributed by atoms with Crippen LogP contribution in [0.5, 0.6) is 0 Å². The fourth-order valence-electron chi connectivity index (χ4n) is 2.60. The van der Waals surface area contributed by atoms with E-state index in [0.29, 0.717) is 17.3 Å². The molecule has 1 aliphatic rings. The Morgan fingerprint density at radius 3 is 2.61 bits per heavy atom. The van der Waals surface area contributed by atoms with Gasteiger partial charge >= 0.3 is 0 Å². The number of carbonyl (C=O) groups excluding carboxylic acids is 1. The van der Waals surface area contributed by atoms with Crippen molar-refractivity contribution in [3.63, 3.8) is 0 Å². The monoisotopic (exact) mass is 350 g/mol. The number of nitrogens with one attached hydrogen (secondary N) is 1. The van der Waals surface area contributed by atoms with Crippen molar-refractivity contribution in [2.45, 2.75) is 6.54 Å². The highest BCUT2D eigenvalue weighted by atomic mass is 35.5. The number of hydrogen-bond acceptors (Lipinski definition) is 5. The van der Waals surface area contributed by atoms with Gasteiger partial charge < -0.3 is 5.32 Å². The molecule has 1 aromatic heterocycles. The Labute approximate surface area is 145 Å². The average molecular weight is 351 g/mol. The number of hydrogen-bond donors (Lipinski definition) is 1. The lowest BCUT2D eigenvalue weighted by Crippen LogP contribution is -2.48. The molecule has 2 heterocycles. The van der Waals surface area contributed by atoms with Crippen LogP contribution in [0.15, 0.2) is 36.5 Å². The summed E-state index contributed by atoms with van der Waals surface area (Å²) >= 11 is 7.61. The third kappa shape index (κ3) is 4.75. The van der Waals surface area contributed by atoms with Crippen LogP contribution in [-0.4, -0.2) is 52.8 Å². The largest absolute Gasteiger partial charge is 0.324 e. The quantitative estimate of drug-likeness (QED) is 0.900. The Bertz CT molecular complexity index is 641. The van der Waals surface area contributed by atoms with Crippen LogP contribution >= 0.6 is 23.1 Å². The van der Waals surface area contributed by atoms with Crippen LogP contribution in [0.4, 0.5) is 5.69 Å². The summed E-state index contributed by atoms with van der Waals surface area (Å²) in [7, 11) is 0. The third-order valence-electron chi connectivity index (χ3n) is 3.85. The molecule has 1 N–H and O–H groups in total. The maximum Gasteiger partial charge on any atom is 0.238 e. The van der Waals surface area contributed by atoms with Crippen molar-refractivity contribution >= 4 is 34.7 Å². The molecule has 1 aromatic carbocycles. The number of aromatic nitrogens is 1. The maximum atomic E-state index is 12.1. The van der Waals surface area contributed by atoms with E-state index in [-0.39, 0.29) is 5.91 Å². The highest BCUT2D eigenvalue weighted by Gasteiger charge is 2.19. The Hall–Kier alpha value is -1.47. The second kappa shape index (κ2) is 7.88. The molecule has 2 aromatic rings. The number of benzene rings is 1. The molecule has 0 spiro atoms. The van der Waals surface area contributed by atoms with Gasteiger partial charge in [0.05, 0.1) is 17.3 Å². The van der Waals surface area contributed by atoms with Crippen LogP contribution in [0, 0.1) is 0 Å². The molecule has 0 aliphatic carbocycles. The molecule has 0 saturated carbocycles. The second-order valence-corrected chi connectivity index (χ2v) is 6.88. The van der Waals surface area contributed by atoms with Gasteiger partial charge in [0, 0.05) is 43.8 Å². The van der Waals surface area contributed by atoms with Crippen LogP contribution < -0.4 is 5.32 Å². The predicted molar refractivity (Wildman–Crippen MR) is 93.9 cm³/mol. The van der Waals surface area contributed by atoms with Crippen molar-refractivity contribution in [1.82, 2.24) is 14.2 Å². The van der Waals surface area contributed by atoms with Crippen LogP contribution in [0.1, 0.15) is 4.88 Å². The van der Waals surface area contributed by atoms with E-state index in [0.717, 1.165) is 32.7 Å². The number of piperazine rings is 1. The molecule has 5 nitrogen and oxygen atoms in total. The van der Waals surface area contributed by atoms with Crippen molar-refractivity contribution < 1.29 is 4.79 Å². The van der Waals surface area contributed by atoms with Gasteiger partial charge in [-0.15, -0.1) is 0 Å². The summed E-state index contributed by atoms with van der Waals surface area (Å²) in [5.41, 5.74) is 0.669. The standard InChI is InChI=1S/C16H19ClN4OS/c17-14-3-1-2-4-15(14)19-16(22)12-21-9-7-20(8-10-21)11-13-5-6-18-23-13/h1-6H,7-12H2,(H,19,22). The number of nitrogens with zero attached hydrogens (tertiary/aromatic N) is 3. The van der Waals surface area contributed by atoms with Crippen molar-refractivity contribution in [3.8, 4) is 0 Å². The molecule has 3 rings (SSSR count).